The van der Waals surface area contributed by atoms with E-state index in [1.807, 2.05) is 31.2 Å². The van der Waals surface area contributed by atoms with E-state index in [4.69, 9.17) is 0 Å². The lowest BCUT2D eigenvalue weighted by Gasteiger charge is -2.19. The van der Waals surface area contributed by atoms with Crippen molar-refractivity contribution in [2.24, 2.45) is 0 Å². The normalized spacial score (nSPS) is 13.6. The first kappa shape index (κ1) is 21.9. The Labute approximate surface area is 155 Å². The number of aliphatic hydroxyl groups is 1. The highest BCUT2D eigenvalue weighted by Crippen LogP contribution is 2.18. The summed E-state index contributed by atoms with van der Waals surface area (Å²) in [6, 6.07) is 7.79. The van der Waals surface area contributed by atoms with Crippen LogP contribution in [0.4, 0.5) is 0 Å². The van der Waals surface area contributed by atoms with E-state index in [-0.39, 0.29) is 5.78 Å². The van der Waals surface area contributed by atoms with Gasteiger partial charge in [-0.3, -0.25) is 4.79 Å². The molecule has 0 aliphatic carbocycles. The molecule has 1 N–H and O–H groups in total. The lowest BCUT2D eigenvalue weighted by atomic mass is 9.91. The fourth-order valence-corrected chi connectivity index (χ4v) is 3.11. The summed E-state index contributed by atoms with van der Waals surface area (Å²) in [5.41, 5.74) is 0.642. The Morgan fingerprint density at radius 3 is 1.80 bits per heavy atom. The second kappa shape index (κ2) is 12.2. The van der Waals surface area contributed by atoms with Crippen molar-refractivity contribution in [2.45, 2.75) is 103 Å². The molecule has 0 spiro atoms. The van der Waals surface area contributed by atoms with Crippen LogP contribution in [0, 0.1) is 0 Å². The van der Waals surface area contributed by atoms with E-state index in [2.05, 4.69) is 6.92 Å². The van der Waals surface area contributed by atoms with Crippen LogP contribution < -0.4 is 0 Å². The van der Waals surface area contributed by atoms with Crippen LogP contribution in [0.3, 0.4) is 0 Å². The maximum Gasteiger partial charge on any atom is 0.194 e. The van der Waals surface area contributed by atoms with Crippen LogP contribution in [0.25, 0.3) is 0 Å². The molecule has 2 heteroatoms. The zero-order valence-corrected chi connectivity index (χ0v) is 16.7. The first-order valence-electron chi connectivity index (χ1n) is 10.4. The Hall–Kier alpha value is -1.15. The maximum absolute atomic E-state index is 12.2. The molecule has 1 aromatic rings. The Morgan fingerprint density at radius 2 is 1.32 bits per heavy atom. The van der Waals surface area contributed by atoms with Gasteiger partial charge < -0.3 is 5.11 Å². The SMILES string of the molecule is CCCCCCCCCCCCc1ccc(C(=O)C(C)(O)CC)cc1. The average Bonchev–Trinajstić information content (AvgIpc) is 2.63. The largest absolute Gasteiger partial charge is 0.382 e. The van der Waals surface area contributed by atoms with Crippen molar-refractivity contribution < 1.29 is 9.90 Å². The van der Waals surface area contributed by atoms with E-state index in [0.717, 1.165) is 6.42 Å². The molecule has 0 aliphatic rings. The van der Waals surface area contributed by atoms with E-state index in [9.17, 15) is 9.90 Å². The van der Waals surface area contributed by atoms with Crippen molar-refractivity contribution in [1.29, 1.82) is 0 Å². The van der Waals surface area contributed by atoms with Gasteiger partial charge in [0.25, 0.3) is 0 Å². The monoisotopic (exact) mass is 346 g/mol. The molecule has 0 radical (unpaired) electrons. The predicted molar refractivity (Wildman–Crippen MR) is 107 cm³/mol. The second-order valence-electron chi connectivity index (χ2n) is 7.59. The number of ketones is 1. The summed E-state index contributed by atoms with van der Waals surface area (Å²) >= 11 is 0. The number of rotatable bonds is 14. The number of hydrogen-bond donors (Lipinski definition) is 1. The summed E-state index contributed by atoms with van der Waals surface area (Å²) in [5, 5.41) is 10.1. The van der Waals surface area contributed by atoms with Crippen molar-refractivity contribution in [3.63, 3.8) is 0 Å². The molecule has 0 saturated carbocycles. The summed E-state index contributed by atoms with van der Waals surface area (Å²) in [6.45, 7) is 5.69. The van der Waals surface area contributed by atoms with E-state index >= 15 is 0 Å². The molecule has 0 bridgehead atoms. The first-order valence-corrected chi connectivity index (χ1v) is 10.4. The number of Topliss-reactive ketones (excluding diaryl/α,β-unsaturated/α-hetero) is 1. The predicted octanol–water partition coefficient (Wildman–Crippen LogP) is 6.49. The number of carbonyl (C=O) groups excluding carboxylic acids is 1. The van der Waals surface area contributed by atoms with Crippen LogP contribution in [0.15, 0.2) is 24.3 Å². The minimum absolute atomic E-state index is 0.180. The van der Waals surface area contributed by atoms with Crippen molar-refractivity contribution in [1.82, 2.24) is 0 Å². The van der Waals surface area contributed by atoms with Gasteiger partial charge in [0, 0.05) is 5.56 Å². The number of aryl methyl sites for hydroxylation is 1. The van der Waals surface area contributed by atoms with E-state index in [1.165, 1.54) is 69.8 Å². The lowest BCUT2D eigenvalue weighted by molar-refractivity contribution is 0.0390. The van der Waals surface area contributed by atoms with E-state index in [1.54, 1.807) is 6.92 Å². The molecule has 0 amide bonds. The highest BCUT2D eigenvalue weighted by Gasteiger charge is 2.28. The zero-order chi connectivity index (χ0) is 18.5. The van der Waals surface area contributed by atoms with Gasteiger partial charge in [-0.25, -0.2) is 0 Å². The van der Waals surface area contributed by atoms with Crippen LogP contribution in [-0.2, 0) is 6.42 Å². The Kier molecular flexibility index (Phi) is 10.7. The van der Waals surface area contributed by atoms with Crippen LogP contribution in [0.5, 0.6) is 0 Å². The highest BCUT2D eigenvalue weighted by molar-refractivity contribution is 6.01. The first-order chi connectivity index (χ1) is 12.0. The molecular weight excluding hydrogens is 308 g/mol. The summed E-state index contributed by atoms with van der Waals surface area (Å²) in [4.78, 5) is 12.2. The molecule has 0 fully saturated rings. The molecule has 0 aliphatic heterocycles. The molecule has 0 saturated heterocycles. The van der Waals surface area contributed by atoms with Gasteiger partial charge in [-0.15, -0.1) is 0 Å². The minimum Gasteiger partial charge on any atom is -0.382 e. The maximum atomic E-state index is 12.2. The van der Waals surface area contributed by atoms with Crippen molar-refractivity contribution >= 4 is 5.78 Å². The smallest absolute Gasteiger partial charge is 0.194 e. The molecule has 0 aromatic heterocycles. The topological polar surface area (TPSA) is 37.3 Å². The molecule has 25 heavy (non-hydrogen) atoms. The zero-order valence-electron chi connectivity index (χ0n) is 16.7. The van der Waals surface area contributed by atoms with E-state index in [0.29, 0.717) is 12.0 Å². The van der Waals surface area contributed by atoms with Gasteiger partial charge in [-0.1, -0.05) is 95.9 Å². The number of benzene rings is 1. The van der Waals surface area contributed by atoms with Crippen molar-refractivity contribution in [2.75, 3.05) is 0 Å². The van der Waals surface area contributed by atoms with Gasteiger partial charge in [0.1, 0.15) is 5.60 Å². The van der Waals surface area contributed by atoms with Crippen molar-refractivity contribution in [3.8, 4) is 0 Å². The van der Waals surface area contributed by atoms with Gasteiger partial charge >= 0.3 is 0 Å². The summed E-state index contributed by atoms with van der Waals surface area (Å²) in [6.07, 6.45) is 15.0. The lowest BCUT2D eigenvalue weighted by Crippen LogP contribution is -2.34. The summed E-state index contributed by atoms with van der Waals surface area (Å²) in [7, 11) is 0. The molecule has 0 heterocycles. The third-order valence-electron chi connectivity index (χ3n) is 5.21. The third kappa shape index (κ3) is 8.67. The van der Waals surface area contributed by atoms with Gasteiger partial charge in [-0.05, 0) is 31.7 Å². The quantitative estimate of drug-likeness (QED) is 0.308. The molecule has 1 rings (SSSR count). The van der Waals surface area contributed by atoms with Crippen LogP contribution >= 0.6 is 0 Å². The fourth-order valence-electron chi connectivity index (χ4n) is 3.11. The van der Waals surface area contributed by atoms with Crippen LogP contribution in [-0.4, -0.2) is 16.5 Å². The van der Waals surface area contributed by atoms with Crippen LogP contribution in [0.1, 0.15) is 107 Å². The molecule has 2 nitrogen and oxygen atoms in total. The van der Waals surface area contributed by atoms with Crippen molar-refractivity contribution in [3.05, 3.63) is 35.4 Å². The van der Waals surface area contributed by atoms with Gasteiger partial charge in [0.05, 0.1) is 0 Å². The molecule has 142 valence electrons. The Morgan fingerprint density at radius 1 is 0.840 bits per heavy atom. The number of hydrogen-bond acceptors (Lipinski definition) is 2. The third-order valence-corrected chi connectivity index (χ3v) is 5.21. The second-order valence-corrected chi connectivity index (χ2v) is 7.59. The van der Waals surface area contributed by atoms with Gasteiger partial charge in [0.2, 0.25) is 0 Å². The summed E-state index contributed by atoms with van der Waals surface area (Å²) < 4.78 is 0. The summed E-state index contributed by atoms with van der Waals surface area (Å²) in [5.74, 6) is -0.180. The standard InChI is InChI=1S/C23H38O2/c1-4-6-7-8-9-10-11-12-13-14-15-20-16-18-21(19-17-20)22(24)23(3,25)5-2/h16-19,25H,4-15H2,1-3H3. The van der Waals surface area contributed by atoms with E-state index < -0.39 is 5.60 Å². The number of unbranched alkanes of at least 4 members (excludes halogenated alkanes) is 9. The average molecular weight is 347 g/mol. The van der Waals surface area contributed by atoms with Gasteiger partial charge in [-0.2, -0.15) is 0 Å². The molecule has 1 atom stereocenters. The molecular formula is C23H38O2. The number of carbonyl (C=O) groups is 1. The van der Waals surface area contributed by atoms with Gasteiger partial charge in [0.15, 0.2) is 5.78 Å². The molecule has 1 aromatic carbocycles. The Balaban J connectivity index is 2.17. The van der Waals surface area contributed by atoms with Crippen LogP contribution in [0.2, 0.25) is 0 Å². The minimum atomic E-state index is -1.25. The molecule has 1 unspecified atom stereocenters. The fraction of sp³-hybridized carbons (Fsp3) is 0.696. The Bertz CT molecular complexity index is 473. The highest BCUT2D eigenvalue weighted by atomic mass is 16.3.